The summed E-state index contributed by atoms with van der Waals surface area (Å²) in [6.07, 6.45) is 8.66. The molecule has 0 aliphatic heterocycles. The molecule has 0 saturated heterocycles. The number of hydrogen-bond acceptors (Lipinski definition) is 0. The van der Waals surface area contributed by atoms with Gasteiger partial charge in [0, 0.05) is 0 Å². The zero-order valence-corrected chi connectivity index (χ0v) is 6.28. The summed E-state index contributed by atoms with van der Waals surface area (Å²) < 4.78 is 0.371. The molecule has 0 radical (unpaired) electrons. The molecular formula is C7H6Cl2. The van der Waals surface area contributed by atoms with E-state index >= 15 is 0 Å². The van der Waals surface area contributed by atoms with Gasteiger partial charge in [0.05, 0.1) is 0 Å². The Morgan fingerprint density at radius 2 is 2.11 bits per heavy atom. The molecule has 0 amide bonds. The highest BCUT2D eigenvalue weighted by molar-refractivity contribution is 6.56. The fraction of sp³-hybridized carbons (Fsp3) is 0.143. The Bertz CT molecular complexity index is 183. The van der Waals surface area contributed by atoms with E-state index < -0.39 is 0 Å². The van der Waals surface area contributed by atoms with E-state index in [9.17, 15) is 0 Å². The highest BCUT2D eigenvalue weighted by Gasteiger charge is 1.97. The lowest BCUT2D eigenvalue weighted by atomic mass is 10.1. The molecule has 1 aliphatic carbocycles. The van der Waals surface area contributed by atoms with E-state index in [-0.39, 0.29) is 0 Å². The minimum absolute atomic E-state index is 0.371. The topological polar surface area (TPSA) is 0 Å². The Morgan fingerprint density at radius 1 is 1.33 bits per heavy atom. The van der Waals surface area contributed by atoms with E-state index in [1.54, 1.807) is 0 Å². The summed E-state index contributed by atoms with van der Waals surface area (Å²) >= 11 is 11.0. The Labute approximate surface area is 64.5 Å². The van der Waals surface area contributed by atoms with E-state index in [0.29, 0.717) is 4.49 Å². The van der Waals surface area contributed by atoms with Crippen molar-refractivity contribution < 1.29 is 0 Å². The van der Waals surface area contributed by atoms with Crippen LogP contribution in [0.2, 0.25) is 0 Å². The van der Waals surface area contributed by atoms with Gasteiger partial charge in [0.25, 0.3) is 0 Å². The zero-order valence-electron chi connectivity index (χ0n) is 4.77. The Kier molecular flexibility index (Phi) is 2.38. The summed E-state index contributed by atoms with van der Waals surface area (Å²) in [6, 6.07) is 0. The van der Waals surface area contributed by atoms with E-state index in [1.807, 2.05) is 24.3 Å². The third-order valence-electron chi connectivity index (χ3n) is 1.13. The molecule has 0 aromatic rings. The molecule has 0 atom stereocenters. The lowest BCUT2D eigenvalue weighted by Gasteiger charge is -1.99. The summed E-state index contributed by atoms with van der Waals surface area (Å²) in [6.45, 7) is 0. The molecule has 1 aliphatic rings. The highest BCUT2D eigenvalue weighted by atomic mass is 35.5. The maximum atomic E-state index is 5.52. The van der Waals surface area contributed by atoms with Crippen molar-refractivity contribution in [3.05, 3.63) is 34.4 Å². The maximum Gasteiger partial charge on any atom is 0.110 e. The molecule has 0 spiro atoms. The van der Waals surface area contributed by atoms with Crippen molar-refractivity contribution in [3.63, 3.8) is 0 Å². The van der Waals surface area contributed by atoms with Crippen molar-refractivity contribution in [1.29, 1.82) is 0 Å². The third-order valence-corrected chi connectivity index (χ3v) is 1.61. The van der Waals surface area contributed by atoms with Crippen LogP contribution in [-0.4, -0.2) is 0 Å². The summed E-state index contributed by atoms with van der Waals surface area (Å²) in [4.78, 5) is 0. The second kappa shape index (κ2) is 3.09. The number of halogens is 2. The molecule has 0 saturated carbocycles. The predicted molar refractivity (Wildman–Crippen MR) is 41.6 cm³/mol. The van der Waals surface area contributed by atoms with Gasteiger partial charge >= 0.3 is 0 Å². The van der Waals surface area contributed by atoms with Crippen molar-refractivity contribution in [3.8, 4) is 0 Å². The predicted octanol–water partition coefficient (Wildman–Crippen LogP) is 3.19. The van der Waals surface area contributed by atoms with Crippen LogP contribution in [0.15, 0.2) is 34.4 Å². The lowest BCUT2D eigenvalue weighted by molar-refractivity contribution is 1.27. The largest absolute Gasteiger partial charge is 0.110 e. The fourth-order valence-corrected chi connectivity index (χ4v) is 0.934. The quantitative estimate of drug-likeness (QED) is 0.511. The van der Waals surface area contributed by atoms with Crippen molar-refractivity contribution in [1.82, 2.24) is 0 Å². The molecule has 0 aromatic heterocycles. The Morgan fingerprint density at radius 3 is 2.44 bits per heavy atom. The van der Waals surface area contributed by atoms with E-state index in [4.69, 9.17) is 23.2 Å². The van der Waals surface area contributed by atoms with E-state index in [0.717, 1.165) is 12.0 Å². The second-order valence-electron chi connectivity index (χ2n) is 1.78. The van der Waals surface area contributed by atoms with Gasteiger partial charge in [-0.05, 0) is 12.0 Å². The molecule has 0 heterocycles. The van der Waals surface area contributed by atoms with Crippen LogP contribution in [0.4, 0.5) is 0 Å². The standard InChI is InChI=1S/C7H6Cl2/c8-7(9)6-4-2-1-3-5-6/h1-4H,5H2. The first-order valence-electron chi connectivity index (χ1n) is 2.68. The monoisotopic (exact) mass is 160 g/mol. The first kappa shape index (κ1) is 6.91. The van der Waals surface area contributed by atoms with Crippen molar-refractivity contribution in [2.75, 3.05) is 0 Å². The molecular weight excluding hydrogens is 155 g/mol. The molecule has 0 aromatic carbocycles. The van der Waals surface area contributed by atoms with Crippen LogP contribution in [-0.2, 0) is 0 Å². The molecule has 9 heavy (non-hydrogen) atoms. The summed E-state index contributed by atoms with van der Waals surface area (Å²) in [7, 11) is 0. The van der Waals surface area contributed by atoms with Gasteiger partial charge in [-0.1, -0.05) is 47.5 Å². The van der Waals surface area contributed by atoms with E-state index in [1.165, 1.54) is 0 Å². The number of allylic oxidation sites excluding steroid dienone is 5. The Hall–Kier alpha value is -0.200. The smallest absolute Gasteiger partial charge is 0.0800 e. The van der Waals surface area contributed by atoms with Gasteiger partial charge in [0.1, 0.15) is 4.49 Å². The average molecular weight is 161 g/mol. The minimum atomic E-state index is 0.371. The van der Waals surface area contributed by atoms with Gasteiger partial charge in [-0.15, -0.1) is 0 Å². The lowest BCUT2D eigenvalue weighted by Crippen LogP contribution is -1.79. The molecule has 0 unspecified atom stereocenters. The summed E-state index contributed by atoms with van der Waals surface area (Å²) in [5.74, 6) is 0. The van der Waals surface area contributed by atoms with Crippen molar-refractivity contribution >= 4 is 23.2 Å². The first-order chi connectivity index (χ1) is 4.30. The minimum Gasteiger partial charge on any atom is -0.0800 e. The van der Waals surface area contributed by atoms with Gasteiger partial charge in [-0.25, -0.2) is 0 Å². The fourth-order valence-electron chi connectivity index (χ4n) is 0.653. The number of rotatable bonds is 0. The molecule has 0 nitrogen and oxygen atoms in total. The zero-order chi connectivity index (χ0) is 6.69. The van der Waals surface area contributed by atoms with Crippen molar-refractivity contribution in [2.24, 2.45) is 0 Å². The normalized spacial score (nSPS) is 16.4. The van der Waals surface area contributed by atoms with Gasteiger partial charge in [0.15, 0.2) is 0 Å². The van der Waals surface area contributed by atoms with Crippen LogP contribution in [0.3, 0.4) is 0 Å². The SMILES string of the molecule is ClC(Cl)=C1C=CC=CC1. The van der Waals surface area contributed by atoms with Crippen LogP contribution in [0.5, 0.6) is 0 Å². The maximum absolute atomic E-state index is 5.52. The molecule has 2 heteroatoms. The highest BCUT2D eigenvalue weighted by Crippen LogP contribution is 2.20. The van der Waals surface area contributed by atoms with Crippen LogP contribution < -0.4 is 0 Å². The van der Waals surface area contributed by atoms with Crippen LogP contribution >= 0.6 is 23.2 Å². The third kappa shape index (κ3) is 1.88. The van der Waals surface area contributed by atoms with Crippen LogP contribution in [0.25, 0.3) is 0 Å². The summed E-state index contributed by atoms with van der Waals surface area (Å²) in [5, 5.41) is 0. The van der Waals surface area contributed by atoms with Crippen LogP contribution in [0.1, 0.15) is 6.42 Å². The molecule has 0 fully saturated rings. The van der Waals surface area contributed by atoms with Crippen LogP contribution in [0, 0.1) is 0 Å². The molecule has 1 rings (SSSR count). The van der Waals surface area contributed by atoms with Gasteiger partial charge in [-0.2, -0.15) is 0 Å². The summed E-state index contributed by atoms with van der Waals surface area (Å²) in [5.41, 5.74) is 0.987. The molecule has 0 bridgehead atoms. The van der Waals surface area contributed by atoms with Gasteiger partial charge in [-0.3, -0.25) is 0 Å². The molecule has 48 valence electrons. The second-order valence-corrected chi connectivity index (χ2v) is 2.73. The average Bonchev–Trinajstić information content (AvgIpc) is 1.90. The van der Waals surface area contributed by atoms with Gasteiger partial charge < -0.3 is 0 Å². The van der Waals surface area contributed by atoms with E-state index in [2.05, 4.69) is 0 Å². The number of hydrogen-bond donors (Lipinski definition) is 0. The van der Waals surface area contributed by atoms with Crippen molar-refractivity contribution in [2.45, 2.75) is 6.42 Å². The first-order valence-corrected chi connectivity index (χ1v) is 3.43. The molecule has 0 N–H and O–H groups in total. The Balaban J connectivity index is 2.78. The van der Waals surface area contributed by atoms with Gasteiger partial charge in [0.2, 0.25) is 0 Å².